The lowest BCUT2D eigenvalue weighted by molar-refractivity contribution is -0.119. The summed E-state index contributed by atoms with van der Waals surface area (Å²) in [6, 6.07) is 2.87. The van der Waals surface area contributed by atoms with Crippen LogP contribution in [0.15, 0.2) is 37.1 Å². The van der Waals surface area contributed by atoms with Gasteiger partial charge in [0.25, 0.3) is 5.91 Å². The molecule has 1 unspecified atom stereocenters. The first-order valence-electron chi connectivity index (χ1n) is 10.6. The van der Waals surface area contributed by atoms with Crippen LogP contribution in [0.3, 0.4) is 0 Å². The standard InChI is InChI=1S/C21H26N6O4S/c1-14(2)18-19(28)27(20(32)24-18)17-4-3-16(11-23-17)31-21(29)25-8-5-15(6-9-25)12-30-26-10-7-22-13-26/h3-4,7,10-11,13-15,18H,5-6,8-9,12H2,1-2H3,(H,24,32). The SMILES string of the molecule is CC(C)C1NC(=S)N(c2ccc(OC(=O)N3CCC(COn4ccnc4)CC3)cn2)C1=O. The fourth-order valence-corrected chi connectivity index (χ4v) is 4.01. The zero-order valence-electron chi connectivity index (χ0n) is 18.0. The quantitative estimate of drug-likeness (QED) is 0.655. The van der Waals surface area contributed by atoms with E-state index < -0.39 is 6.09 Å². The van der Waals surface area contributed by atoms with E-state index in [0.29, 0.717) is 42.3 Å². The topological polar surface area (TPSA) is 102 Å². The highest BCUT2D eigenvalue weighted by Gasteiger charge is 2.38. The first-order valence-corrected chi connectivity index (χ1v) is 11.0. The summed E-state index contributed by atoms with van der Waals surface area (Å²) < 4.78 is 7.05. The number of imidazole rings is 1. The Morgan fingerprint density at radius 3 is 2.69 bits per heavy atom. The Kier molecular flexibility index (Phi) is 6.54. The van der Waals surface area contributed by atoms with Crippen molar-refractivity contribution in [2.45, 2.75) is 32.7 Å². The van der Waals surface area contributed by atoms with Gasteiger partial charge in [0.05, 0.1) is 12.4 Å². The highest BCUT2D eigenvalue weighted by atomic mass is 32.1. The minimum Gasteiger partial charge on any atom is -0.413 e. The third-order valence-electron chi connectivity index (χ3n) is 5.60. The lowest BCUT2D eigenvalue weighted by Gasteiger charge is -2.30. The summed E-state index contributed by atoms with van der Waals surface area (Å²) in [7, 11) is 0. The van der Waals surface area contributed by atoms with E-state index in [1.54, 1.807) is 40.5 Å². The summed E-state index contributed by atoms with van der Waals surface area (Å²) in [5, 5.41) is 3.35. The van der Waals surface area contributed by atoms with Crippen LogP contribution in [0.5, 0.6) is 5.75 Å². The first-order chi connectivity index (χ1) is 15.4. The largest absolute Gasteiger partial charge is 0.415 e. The summed E-state index contributed by atoms with van der Waals surface area (Å²) in [4.78, 5) is 42.0. The summed E-state index contributed by atoms with van der Waals surface area (Å²) >= 11 is 5.28. The number of rotatable bonds is 6. The maximum Gasteiger partial charge on any atom is 0.415 e. The molecule has 10 nitrogen and oxygen atoms in total. The second-order valence-electron chi connectivity index (χ2n) is 8.21. The van der Waals surface area contributed by atoms with Gasteiger partial charge in [0.1, 0.15) is 24.8 Å². The monoisotopic (exact) mass is 458 g/mol. The molecule has 2 aliphatic heterocycles. The number of hydrogen-bond donors (Lipinski definition) is 1. The van der Waals surface area contributed by atoms with Crippen molar-refractivity contribution in [2.75, 3.05) is 24.6 Å². The highest BCUT2D eigenvalue weighted by Crippen LogP contribution is 2.23. The molecule has 32 heavy (non-hydrogen) atoms. The number of piperidine rings is 1. The molecular formula is C21H26N6O4S. The zero-order chi connectivity index (χ0) is 22.7. The number of hydrogen-bond acceptors (Lipinski definition) is 7. The average molecular weight is 459 g/mol. The second-order valence-corrected chi connectivity index (χ2v) is 8.60. The van der Waals surface area contributed by atoms with Crippen molar-refractivity contribution in [1.29, 1.82) is 0 Å². The van der Waals surface area contributed by atoms with Crippen LogP contribution in [0.2, 0.25) is 0 Å². The molecule has 1 atom stereocenters. The number of carbonyl (C=O) groups excluding carboxylic acids is 2. The molecule has 0 spiro atoms. The van der Waals surface area contributed by atoms with Gasteiger partial charge in [0.2, 0.25) is 0 Å². The number of ether oxygens (including phenoxy) is 1. The molecule has 4 heterocycles. The number of nitrogens with zero attached hydrogens (tertiary/aromatic N) is 5. The zero-order valence-corrected chi connectivity index (χ0v) is 18.8. The number of nitrogens with one attached hydrogen (secondary N) is 1. The Labute approximate surface area is 191 Å². The van der Waals surface area contributed by atoms with E-state index in [-0.39, 0.29) is 17.9 Å². The number of carbonyl (C=O) groups is 2. The third-order valence-corrected chi connectivity index (χ3v) is 5.90. The normalized spacial score (nSPS) is 19.4. The Hall–Kier alpha value is -3.21. The predicted octanol–water partition coefficient (Wildman–Crippen LogP) is 1.86. The van der Waals surface area contributed by atoms with Crippen LogP contribution >= 0.6 is 12.2 Å². The van der Waals surface area contributed by atoms with E-state index in [1.807, 2.05) is 13.8 Å². The smallest absolute Gasteiger partial charge is 0.413 e. The van der Waals surface area contributed by atoms with E-state index in [1.165, 1.54) is 11.1 Å². The number of likely N-dealkylation sites (tertiary alicyclic amines) is 1. The van der Waals surface area contributed by atoms with Crippen LogP contribution in [-0.4, -0.2) is 62.4 Å². The van der Waals surface area contributed by atoms with Crippen LogP contribution in [0, 0.1) is 11.8 Å². The molecule has 0 aliphatic carbocycles. The molecule has 2 aliphatic rings. The van der Waals surface area contributed by atoms with Crippen molar-refractivity contribution >= 4 is 35.1 Å². The molecule has 4 rings (SSSR count). The average Bonchev–Trinajstić information content (AvgIpc) is 3.41. The molecule has 2 aromatic rings. The van der Waals surface area contributed by atoms with Crippen LogP contribution < -0.4 is 19.8 Å². The fraction of sp³-hybridized carbons (Fsp3) is 0.476. The molecule has 2 saturated heterocycles. The van der Waals surface area contributed by atoms with E-state index in [4.69, 9.17) is 21.8 Å². The minimum atomic E-state index is -0.414. The van der Waals surface area contributed by atoms with Crippen molar-refractivity contribution in [2.24, 2.45) is 11.8 Å². The Balaban J connectivity index is 1.27. The van der Waals surface area contributed by atoms with Crippen molar-refractivity contribution in [3.8, 4) is 5.75 Å². The molecule has 2 aromatic heterocycles. The van der Waals surface area contributed by atoms with Crippen LogP contribution in [0.25, 0.3) is 0 Å². The summed E-state index contributed by atoms with van der Waals surface area (Å²) in [5.74, 6) is 1.05. The molecule has 2 amide bonds. The number of amides is 2. The van der Waals surface area contributed by atoms with E-state index in [0.717, 1.165) is 12.8 Å². The van der Waals surface area contributed by atoms with Crippen LogP contribution in [0.1, 0.15) is 26.7 Å². The third kappa shape index (κ3) is 4.82. The molecular weight excluding hydrogens is 432 g/mol. The maximum absolute atomic E-state index is 12.6. The van der Waals surface area contributed by atoms with Gasteiger partial charge in [-0.1, -0.05) is 13.8 Å². The van der Waals surface area contributed by atoms with Gasteiger partial charge < -0.3 is 19.8 Å². The lowest BCUT2D eigenvalue weighted by Crippen LogP contribution is -2.41. The van der Waals surface area contributed by atoms with E-state index in [2.05, 4.69) is 15.3 Å². The van der Waals surface area contributed by atoms with Crippen LogP contribution in [-0.2, 0) is 4.79 Å². The number of anilines is 1. The molecule has 1 N–H and O–H groups in total. The lowest BCUT2D eigenvalue weighted by atomic mass is 9.98. The molecule has 11 heteroatoms. The van der Waals surface area contributed by atoms with E-state index >= 15 is 0 Å². The second kappa shape index (κ2) is 9.51. The molecule has 0 aromatic carbocycles. The predicted molar refractivity (Wildman–Crippen MR) is 120 cm³/mol. The fourth-order valence-electron chi connectivity index (χ4n) is 3.69. The molecule has 0 saturated carbocycles. The number of pyridine rings is 1. The van der Waals surface area contributed by atoms with Gasteiger partial charge in [-0.2, -0.15) is 4.73 Å². The van der Waals surface area contributed by atoms with Crippen molar-refractivity contribution in [1.82, 2.24) is 24.9 Å². The maximum atomic E-state index is 12.6. The molecule has 0 bridgehead atoms. The van der Waals surface area contributed by atoms with Gasteiger partial charge in [-0.3, -0.25) is 4.79 Å². The van der Waals surface area contributed by atoms with Gasteiger partial charge in [-0.25, -0.2) is 19.7 Å². The first kappa shape index (κ1) is 22.0. The Bertz CT molecular complexity index is 957. The summed E-state index contributed by atoms with van der Waals surface area (Å²) in [6.45, 7) is 5.68. The highest BCUT2D eigenvalue weighted by molar-refractivity contribution is 7.80. The molecule has 0 radical (unpaired) electrons. The van der Waals surface area contributed by atoms with Crippen LogP contribution in [0.4, 0.5) is 10.6 Å². The van der Waals surface area contributed by atoms with E-state index in [9.17, 15) is 9.59 Å². The number of aromatic nitrogens is 3. The molecule has 170 valence electrons. The minimum absolute atomic E-state index is 0.104. The summed E-state index contributed by atoms with van der Waals surface area (Å²) in [5.41, 5.74) is 0. The Morgan fingerprint density at radius 2 is 2.09 bits per heavy atom. The Morgan fingerprint density at radius 1 is 1.31 bits per heavy atom. The van der Waals surface area contributed by atoms with Crippen molar-refractivity contribution in [3.63, 3.8) is 0 Å². The van der Waals surface area contributed by atoms with Gasteiger partial charge in [0.15, 0.2) is 10.9 Å². The van der Waals surface area contributed by atoms with Gasteiger partial charge in [-0.05, 0) is 49.0 Å². The number of thiocarbonyl (C=S) groups is 1. The van der Waals surface area contributed by atoms with Gasteiger partial charge >= 0.3 is 6.09 Å². The molecule has 2 fully saturated rings. The summed E-state index contributed by atoms with van der Waals surface area (Å²) in [6.07, 6.45) is 7.70. The van der Waals surface area contributed by atoms with Crippen molar-refractivity contribution < 1.29 is 19.2 Å². The van der Waals surface area contributed by atoms with Gasteiger partial charge in [0, 0.05) is 19.3 Å². The van der Waals surface area contributed by atoms with Gasteiger partial charge in [-0.15, -0.1) is 0 Å². The van der Waals surface area contributed by atoms with Crippen molar-refractivity contribution in [3.05, 3.63) is 37.1 Å².